The summed E-state index contributed by atoms with van der Waals surface area (Å²) in [4.78, 5) is 2.15. The fraction of sp³-hybridized carbons (Fsp3) is 0.304. The maximum absolute atomic E-state index is 10.5. The van der Waals surface area contributed by atoms with Crippen molar-refractivity contribution in [1.82, 2.24) is 4.90 Å². The summed E-state index contributed by atoms with van der Waals surface area (Å²) in [5.74, 6) is 1.44. The average molecular weight is 400 g/mol. The summed E-state index contributed by atoms with van der Waals surface area (Å²) in [5.41, 5.74) is 2.51. The zero-order valence-electron chi connectivity index (χ0n) is 16.1. The highest BCUT2D eigenvalue weighted by molar-refractivity contribution is 6.32. The van der Waals surface area contributed by atoms with E-state index in [0.717, 1.165) is 12.2 Å². The first-order valence-corrected chi connectivity index (χ1v) is 9.89. The van der Waals surface area contributed by atoms with Crippen molar-refractivity contribution in [3.05, 3.63) is 88.8 Å². The second-order valence-electron chi connectivity index (χ2n) is 6.81. The minimum absolute atomic E-state index is 0.174. The SMILES string of the molecule is CCc1ccc(CN(Cc2ccco2)CC(O)COc2ccccc2Cl)cc1. The molecule has 1 unspecified atom stereocenters. The van der Waals surface area contributed by atoms with Crippen molar-refractivity contribution in [2.24, 2.45) is 0 Å². The fourth-order valence-corrected chi connectivity index (χ4v) is 3.24. The van der Waals surface area contributed by atoms with Crippen LogP contribution in [0.5, 0.6) is 5.75 Å². The molecule has 0 amide bonds. The number of halogens is 1. The Morgan fingerprint density at radius 1 is 1.00 bits per heavy atom. The largest absolute Gasteiger partial charge is 0.489 e. The molecule has 0 bridgehead atoms. The molecule has 3 aromatic rings. The number of benzene rings is 2. The standard InChI is InChI=1S/C23H26ClNO3/c1-2-18-9-11-19(12-10-18)14-25(16-21-6-5-13-27-21)15-20(26)17-28-23-8-4-3-7-22(23)24/h3-13,20,26H,2,14-17H2,1H3. The van der Waals surface area contributed by atoms with Crippen LogP contribution in [0.2, 0.25) is 5.02 Å². The van der Waals surface area contributed by atoms with E-state index in [1.165, 1.54) is 11.1 Å². The predicted octanol–water partition coefficient (Wildman–Crippen LogP) is 4.94. The van der Waals surface area contributed by atoms with Crippen molar-refractivity contribution in [3.8, 4) is 5.75 Å². The van der Waals surface area contributed by atoms with Crippen LogP contribution < -0.4 is 4.74 Å². The first-order chi connectivity index (χ1) is 13.6. The van der Waals surface area contributed by atoms with E-state index < -0.39 is 6.10 Å². The van der Waals surface area contributed by atoms with E-state index in [4.69, 9.17) is 20.8 Å². The number of aryl methyl sites for hydroxylation is 1. The number of ether oxygens (including phenoxy) is 1. The summed E-state index contributed by atoms with van der Waals surface area (Å²) in [5, 5.41) is 11.1. The molecule has 0 aliphatic heterocycles. The van der Waals surface area contributed by atoms with Gasteiger partial charge < -0.3 is 14.3 Å². The molecule has 0 saturated heterocycles. The zero-order chi connectivity index (χ0) is 19.8. The van der Waals surface area contributed by atoms with Gasteiger partial charge in [0, 0.05) is 13.1 Å². The van der Waals surface area contributed by atoms with E-state index in [0.29, 0.717) is 30.4 Å². The molecule has 0 aliphatic rings. The molecule has 1 N–H and O–H groups in total. The molecular weight excluding hydrogens is 374 g/mol. The van der Waals surface area contributed by atoms with Gasteiger partial charge in [-0.1, -0.05) is 54.9 Å². The lowest BCUT2D eigenvalue weighted by Gasteiger charge is -2.24. The quantitative estimate of drug-likeness (QED) is 0.524. The predicted molar refractivity (Wildman–Crippen MR) is 112 cm³/mol. The van der Waals surface area contributed by atoms with Crippen LogP contribution >= 0.6 is 11.6 Å². The summed E-state index contributed by atoms with van der Waals surface area (Å²) < 4.78 is 11.2. The second-order valence-corrected chi connectivity index (χ2v) is 7.22. The van der Waals surface area contributed by atoms with Crippen LogP contribution in [0.1, 0.15) is 23.8 Å². The van der Waals surface area contributed by atoms with Crippen LogP contribution in [-0.2, 0) is 19.5 Å². The Morgan fingerprint density at radius 2 is 1.75 bits per heavy atom. The lowest BCUT2D eigenvalue weighted by atomic mass is 10.1. The van der Waals surface area contributed by atoms with Gasteiger partial charge in [0.2, 0.25) is 0 Å². The van der Waals surface area contributed by atoms with Crippen LogP contribution in [0, 0.1) is 0 Å². The first kappa shape index (κ1) is 20.5. The van der Waals surface area contributed by atoms with Gasteiger partial charge >= 0.3 is 0 Å². The molecule has 0 aliphatic carbocycles. The molecule has 3 rings (SSSR count). The number of nitrogens with zero attached hydrogens (tertiary/aromatic N) is 1. The minimum Gasteiger partial charge on any atom is -0.489 e. The summed E-state index contributed by atoms with van der Waals surface area (Å²) in [7, 11) is 0. The molecule has 4 nitrogen and oxygen atoms in total. The molecule has 5 heteroatoms. The summed E-state index contributed by atoms with van der Waals surface area (Å²) >= 11 is 6.11. The van der Waals surface area contributed by atoms with Crippen LogP contribution in [0.3, 0.4) is 0 Å². The van der Waals surface area contributed by atoms with E-state index in [2.05, 4.69) is 36.1 Å². The van der Waals surface area contributed by atoms with Crippen molar-refractivity contribution in [2.45, 2.75) is 32.5 Å². The highest BCUT2D eigenvalue weighted by atomic mass is 35.5. The van der Waals surface area contributed by atoms with E-state index in [1.807, 2.05) is 24.3 Å². The molecular formula is C23H26ClNO3. The van der Waals surface area contributed by atoms with Crippen LogP contribution in [0.4, 0.5) is 0 Å². The van der Waals surface area contributed by atoms with Crippen LogP contribution in [0.15, 0.2) is 71.3 Å². The number of rotatable bonds is 10. The monoisotopic (exact) mass is 399 g/mol. The third-order valence-corrected chi connectivity index (χ3v) is 4.85. The molecule has 1 atom stereocenters. The lowest BCUT2D eigenvalue weighted by Crippen LogP contribution is -2.35. The number of furan rings is 1. The molecule has 0 saturated carbocycles. The van der Waals surface area contributed by atoms with Gasteiger partial charge in [0.15, 0.2) is 0 Å². The highest BCUT2D eigenvalue weighted by Crippen LogP contribution is 2.23. The van der Waals surface area contributed by atoms with Crippen molar-refractivity contribution in [3.63, 3.8) is 0 Å². The van der Waals surface area contributed by atoms with Crippen molar-refractivity contribution in [2.75, 3.05) is 13.2 Å². The van der Waals surface area contributed by atoms with Gasteiger partial charge in [-0.25, -0.2) is 0 Å². The summed E-state index contributed by atoms with van der Waals surface area (Å²) in [6, 6.07) is 19.7. The van der Waals surface area contributed by atoms with Gasteiger partial charge in [0.1, 0.15) is 24.2 Å². The van der Waals surface area contributed by atoms with Crippen LogP contribution in [-0.4, -0.2) is 29.3 Å². The Balaban J connectivity index is 1.61. The maximum atomic E-state index is 10.5. The normalized spacial score (nSPS) is 12.3. The second kappa shape index (κ2) is 10.3. The number of hydrogen-bond donors (Lipinski definition) is 1. The summed E-state index contributed by atoms with van der Waals surface area (Å²) in [6.07, 6.45) is 2.04. The Hall–Kier alpha value is -2.27. The molecule has 0 spiro atoms. The Bertz CT molecular complexity index is 833. The Morgan fingerprint density at radius 3 is 2.43 bits per heavy atom. The van der Waals surface area contributed by atoms with Gasteiger partial charge in [-0.2, -0.15) is 0 Å². The molecule has 1 aromatic heterocycles. The fourth-order valence-electron chi connectivity index (χ4n) is 3.05. The van der Waals surface area contributed by atoms with E-state index in [9.17, 15) is 5.11 Å². The molecule has 1 heterocycles. The third kappa shape index (κ3) is 6.13. The number of aliphatic hydroxyl groups is 1. The third-order valence-electron chi connectivity index (χ3n) is 4.53. The average Bonchev–Trinajstić information content (AvgIpc) is 3.21. The van der Waals surface area contributed by atoms with Crippen LogP contribution in [0.25, 0.3) is 0 Å². The van der Waals surface area contributed by atoms with Crippen molar-refractivity contribution >= 4 is 11.6 Å². The Labute approximate surface area is 171 Å². The van der Waals surface area contributed by atoms with Gasteiger partial charge in [0.05, 0.1) is 17.8 Å². The topological polar surface area (TPSA) is 45.8 Å². The van der Waals surface area contributed by atoms with E-state index in [-0.39, 0.29) is 6.61 Å². The molecule has 28 heavy (non-hydrogen) atoms. The highest BCUT2D eigenvalue weighted by Gasteiger charge is 2.15. The number of para-hydroxylation sites is 1. The van der Waals surface area contributed by atoms with Crippen molar-refractivity contribution in [1.29, 1.82) is 0 Å². The number of hydrogen-bond acceptors (Lipinski definition) is 4. The molecule has 148 valence electrons. The van der Waals surface area contributed by atoms with E-state index >= 15 is 0 Å². The van der Waals surface area contributed by atoms with Gasteiger partial charge in [-0.05, 0) is 41.8 Å². The van der Waals surface area contributed by atoms with Gasteiger partial charge in [0.25, 0.3) is 0 Å². The first-order valence-electron chi connectivity index (χ1n) is 9.52. The van der Waals surface area contributed by atoms with Gasteiger partial charge in [-0.3, -0.25) is 4.90 Å². The molecule has 2 aromatic carbocycles. The van der Waals surface area contributed by atoms with E-state index in [1.54, 1.807) is 18.4 Å². The lowest BCUT2D eigenvalue weighted by molar-refractivity contribution is 0.0605. The Kier molecular flexibility index (Phi) is 7.54. The summed E-state index contributed by atoms with van der Waals surface area (Å²) in [6.45, 7) is 4.11. The van der Waals surface area contributed by atoms with Crippen molar-refractivity contribution < 1.29 is 14.3 Å². The zero-order valence-corrected chi connectivity index (χ0v) is 16.8. The minimum atomic E-state index is -0.652. The molecule has 0 fully saturated rings. The smallest absolute Gasteiger partial charge is 0.138 e. The number of aliphatic hydroxyl groups excluding tert-OH is 1. The van der Waals surface area contributed by atoms with Gasteiger partial charge in [-0.15, -0.1) is 0 Å². The molecule has 0 radical (unpaired) electrons. The maximum Gasteiger partial charge on any atom is 0.138 e.